The van der Waals surface area contributed by atoms with Crippen molar-refractivity contribution in [1.29, 1.82) is 0 Å². The molecule has 0 aliphatic heterocycles. The number of aryl methyl sites for hydroxylation is 1. The molecule has 0 fully saturated rings. The minimum Gasteiger partial charge on any atom is -0.444 e. The van der Waals surface area contributed by atoms with Gasteiger partial charge in [0.25, 0.3) is 0 Å². The van der Waals surface area contributed by atoms with Gasteiger partial charge < -0.3 is 10.2 Å². The van der Waals surface area contributed by atoms with E-state index in [1.807, 2.05) is 25.1 Å². The van der Waals surface area contributed by atoms with Crippen LogP contribution in [0.25, 0.3) is 11.5 Å². The number of hydrogen-bond donors (Lipinski definition) is 1. The Hall–Kier alpha value is -1.61. The lowest BCUT2D eigenvalue weighted by atomic mass is 10.0. The molecule has 2 N–H and O–H groups in total. The molecule has 0 saturated heterocycles. The molecule has 0 spiro atoms. The average molecular weight is 202 g/mol. The van der Waals surface area contributed by atoms with Gasteiger partial charge in [-0.25, -0.2) is 4.98 Å². The summed E-state index contributed by atoms with van der Waals surface area (Å²) in [6.45, 7) is 2.55. The molecule has 0 saturated carbocycles. The smallest absolute Gasteiger partial charge is 0.226 e. The van der Waals surface area contributed by atoms with Crippen LogP contribution in [-0.2, 0) is 6.42 Å². The Morgan fingerprint density at radius 1 is 1.33 bits per heavy atom. The predicted octanol–water partition coefficient (Wildman–Crippen LogP) is 2.15. The topological polar surface area (TPSA) is 52.0 Å². The lowest BCUT2D eigenvalue weighted by Gasteiger charge is -2.03. The van der Waals surface area contributed by atoms with Crippen LogP contribution in [0.3, 0.4) is 0 Å². The quantitative estimate of drug-likeness (QED) is 0.829. The van der Waals surface area contributed by atoms with Crippen molar-refractivity contribution in [2.24, 2.45) is 5.73 Å². The summed E-state index contributed by atoms with van der Waals surface area (Å²) in [6, 6.07) is 8.05. The maximum atomic E-state index is 5.56. The molecule has 1 aromatic carbocycles. The molecule has 0 amide bonds. The predicted molar refractivity (Wildman–Crippen MR) is 59.4 cm³/mol. The van der Waals surface area contributed by atoms with Gasteiger partial charge in [-0.15, -0.1) is 0 Å². The molecule has 0 atom stereocenters. The molecule has 3 heteroatoms. The van der Waals surface area contributed by atoms with Crippen LogP contribution in [0.4, 0.5) is 0 Å². The van der Waals surface area contributed by atoms with Gasteiger partial charge in [0.15, 0.2) is 0 Å². The van der Waals surface area contributed by atoms with E-state index in [1.54, 1.807) is 6.26 Å². The summed E-state index contributed by atoms with van der Waals surface area (Å²) in [5.74, 6) is 0.677. The van der Waals surface area contributed by atoms with Crippen LogP contribution < -0.4 is 5.73 Å². The zero-order chi connectivity index (χ0) is 10.7. The Bertz CT molecular complexity index is 448. The number of nitrogens with zero attached hydrogens (tertiary/aromatic N) is 1. The Morgan fingerprint density at radius 3 is 2.80 bits per heavy atom. The summed E-state index contributed by atoms with van der Waals surface area (Å²) in [7, 11) is 0. The molecule has 1 heterocycles. The molecule has 3 nitrogen and oxygen atoms in total. The largest absolute Gasteiger partial charge is 0.444 e. The summed E-state index contributed by atoms with van der Waals surface area (Å²) in [5, 5.41) is 0. The van der Waals surface area contributed by atoms with Crippen molar-refractivity contribution in [2.45, 2.75) is 13.3 Å². The number of aromatic nitrogens is 1. The van der Waals surface area contributed by atoms with Crippen LogP contribution in [0, 0.1) is 6.92 Å². The van der Waals surface area contributed by atoms with Crippen molar-refractivity contribution in [3.05, 3.63) is 41.8 Å². The summed E-state index contributed by atoms with van der Waals surface area (Å²) in [4.78, 5) is 4.32. The first-order valence-corrected chi connectivity index (χ1v) is 5.01. The minimum atomic E-state index is 0.636. The van der Waals surface area contributed by atoms with Crippen LogP contribution in [0.2, 0.25) is 0 Å². The Labute approximate surface area is 88.9 Å². The Morgan fingerprint density at radius 2 is 2.13 bits per heavy atom. The first kappa shape index (κ1) is 9.93. The fourth-order valence-corrected chi connectivity index (χ4v) is 1.58. The van der Waals surface area contributed by atoms with Gasteiger partial charge in [0.2, 0.25) is 5.89 Å². The number of hydrogen-bond acceptors (Lipinski definition) is 3. The summed E-state index contributed by atoms with van der Waals surface area (Å²) >= 11 is 0. The zero-order valence-electron chi connectivity index (χ0n) is 8.73. The van der Waals surface area contributed by atoms with Crippen LogP contribution in [0.15, 0.2) is 34.9 Å². The van der Waals surface area contributed by atoms with Crippen molar-refractivity contribution >= 4 is 0 Å². The van der Waals surface area contributed by atoms with E-state index in [4.69, 9.17) is 10.2 Å². The highest BCUT2D eigenvalue weighted by molar-refractivity contribution is 5.58. The number of rotatable bonds is 3. The van der Waals surface area contributed by atoms with Crippen LogP contribution in [-0.4, -0.2) is 11.5 Å². The normalized spacial score (nSPS) is 10.5. The van der Waals surface area contributed by atoms with E-state index in [0.29, 0.717) is 12.4 Å². The molecule has 1 aromatic heterocycles. The maximum absolute atomic E-state index is 5.56. The fourth-order valence-electron chi connectivity index (χ4n) is 1.58. The van der Waals surface area contributed by atoms with E-state index in [-0.39, 0.29) is 0 Å². The molecular formula is C12H14N2O. The molecule has 2 aromatic rings. The summed E-state index contributed by atoms with van der Waals surface area (Å²) in [6.07, 6.45) is 2.51. The van der Waals surface area contributed by atoms with Crippen molar-refractivity contribution in [3.63, 3.8) is 0 Å². The number of benzene rings is 1. The number of nitrogens with two attached hydrogens (primary N) is 1. The number of oxazole rings is 1. The molecule has 2 rings (SSSR count). The summed E-state index contributed by atoms with van der Waals surface area (Å²) < 4.78 is 5.39. The van der Waals surface area contributed by atoms with Crippen LogP contribution in [0.1, 0.15) is 11.3 Å². The van der Waals surface area contributed by atoms with Gasteiger partial charge >= 0.3 is 0 Å². The van der Waals surface area contributed by atoms with Crippen LogP contribution >= 0.6 is 0 Å². The van der Waals surface area contributed by atoms with E-state index in [9.17, 15) is 0 Å². The van der Waals surface area contributed by atoms with Crippen molar-refractivity contribution in [2.75, 3.05) is 6.54 Å². The standard InChI is InChI=1S/C12H14N2O/c1-9-8-15-12(14-9)11-5-3-2-4-10(11)6-7-13/h2-5,8H,6-7,13H2,1H3. The second-order valence-corrected chi connectivity index (χ2v) is 3.49. The minimum absolute atomic E-state index is 0.636. The summed E-state index contributed by atoms with van der Waals surface area (Å²) in [5.41, 5.74) is 8.68. The molecule has 15 heavy (non-hydrogen) atoms. The lowest BCUT2D eigenvalue weighted by Crippen LogP contribution is -2.03. The first-order valence-electron chi connectivity index (χ1n) is 5.01. The van der Waals surface area contributed by atoms with Gasteiger partial charge in [-0.05, 0) is 31.5 Å². The van der Waals surface area contributed by atoms with Gasteiger partial charge in [-0.1, -0.05) is 18.2 Å². The second kappa shape index (κ2) is 4.28. The molecule has 0 unspecified atom stereocenters. The van der Waals surface area contributed by atoms with Crippen LogP contribution in [0.5, 0.6) is 0 Å². The SMILES string of the molecule is Cc1coc(-c2ccccc2CCN)n1. The molecule has 78 valence electrons. The van der Waals surface area contributed by atoms with Crippen molar-refractivity contribution < 1.29 is 4.42 Å². The maximum Gasteiger partial charge on any atom is 0.226 e. The van der Waals surface area contributed by atoms with Gasteiger partial charge in [-0.2, -0.15) is 0 Å². The monoisotopic (exact) mass is 202 g/mol. The first-order chi connectivity index (χ1) is 7.31. The Kier molecular flexibility index (Phi) is 2.83. The van der Waals surface area contributed by atoms with E-state index >= 15 is 0 Å². The second-order valence-electron chi connectivity index (χ2n) is 3.49. The third kappa shape index (κ3) is 2.07. The van der Waals surface area contributed by atoms with Gasteiger partial charge in [0.1, 0.15) is 6.26 Å². The fraction of sp³-hybridized carbons (Fsp3) is 0.250. The molecule has 0 bridgehead atoms. The molecule has 0 aliphatic carbocycles. The van der Waals surface area contributed by atoms with E-state index < -0.39 is 0 Å². The highest BCUT2D eigenvalue weighted by atomic mass is 16.3. The highest BCUT2D eigenvalue weighted by Crippen LogP contribution is 2.22. The van der Waals surface area contributed by atoms with Gasteiger partial charge in [0.05, 0.1) is 5.69 Å². The third-order valence-electron chi connectivity index (χ3n) is 2.28. The molecule has 0 radical (unpaired) electrons. The lowest BCUT2D eigenvalue weighted by molar-refractivity contribution is 0.572. The molecular weight excluding hydrogens is 188 g/mol. The average Bonchev–Trinajstić information content (AvgIpc) is 2.66. The Balaban J connectivity index is 2.42. The van der Waals surface area contributed by atoms with Gasteiger partial charge in [-0.3, -0.25) is 0 Å². The van der Waals surface area contributed by atoms with E-state index in [1.165, 1.54) is 5.56 Å². The van der Waals surface area contributed by atoms with Gasteiger partial charge in [0, 0.05) is 5.56 Å². The highest BCUT2D eigenvalue weighted by Gasteiger charge is 2.08. The van der Waals surface area contributed by atoms with E-state index in [0.717, 1.165) is 17.7 Å². The molecule has 0 aliphatic rings. The van der Waals surface area contributed by atoms with Crippen molar-refractivity contribution in [3.8, 4) is 11.5 Å². The third-order valence-corrected chi connectivity index (χ3v) is 2.28. The van der Waals surface area contributed by atoms with E-state index in [2.05, 4.69) is 11.1 Å². The zero-order valence-corrected chi connectivity index (χ0v) is 8.73. The van der Waals surface area contributed by atoms with Crippen molar-refractivity contribution in [1.82, 2.24) is 4.98 Å².